The van der Waals surface area contributed by atoms with Crippen LogP contribution in [0.25, 0.3) is 27.5 Å². The van der Waals surface area contributed by atoms with Crippen LogP contribution < -0.4 is 4.90 Å². The number of aromatic carboxylic acids is 1. The molecule has 0 unspecified atom stereocenters. The standard InChI is InChI=1S/C28H24F2N4O3/c1-33-14-20(13-31-33)21-10-18-3-2-7-34(25(18)12-23(21)26(29)30)27-22-9-16(19-6-8-37-15-19)4-5-17(22)11-24(32-27)28(35)36/h4-6,9-14,26H,2-3,7-8,15H2,1H3,(H,35,36). The number of rotatable bonds is 5. The molecule has 0 atom stereocenters. The summed E-state index contributed by atoms with van der Waals surface area (Å²) in [5.74, 6) is -0.692. The lowest BCUT2D eigenvalue weighted by atomic mass is 9.92. The number of pyridine rings is 1. The average molecular weight is 503 g/mol. The van der Waals surface area contributed by atoms with Gasteiger partial charge in [0, 0.05) is 42.0 Å². The van der Waals surface area contributed by atoms with Gasteiger partial charge in [0.25, 0.3) is 6.43 Å². The van der Waals surface area contributed by atoms with E-state index in [0.717, 1.165) is 33.9 Å². The summed E-state index contributed by atoms with van der Waals surface area (Å²) < 4.78 is 35.7. The zero-order chi connectivity index (χ0) is 25.7. The number of hydrogen-bond donors (Lipinski definition) is 1. The van der Waals surface area contributed by atoms with Crippen LogP contribution in [0.1, 0.15) is 40.0 Å². The maximum absolute atomic E-state index is 14.3. The topological polar surface area (TPSA) is 80.5 Å². The van der Waals surface area contributed by atoms with Gasteiger partial charge in [-0.2, -0.15) is 5.10 Å². The highest BCUT2D eigenvalue weighted by Gasteiger charge is 2.27. The molecule has 0 amide bonds. The maximum atomic E-state index is 14.3. The lowest BCUT2D eigenvalue weighted by Gasteiger charge is -2.32. The Hall–Kier alpha value is -4.11. The monoisotopic (exact) mass is 502 g/mol. The first-order chi connectivity index (χ1) is 17.9. The molecule has 0 saturated carbocycles. The quantitative estimate of drug-likeness (QED) is 0.373. The number of carbonyl (C=O) groups is 1. The molecule has 2 aromatic heterocycles. The molecule has 0 saturated heterocycles. The summed E-state index contributed by atoms with van der Waals surface area (Å²) in [5, 5.41) is 15.4. The third-order valence-electron chi connectivity index (χ3n) is 6.98. The fourth-order valence-electron chi connectivity index (χ4n) is 5.19. The van der Waals surface area contributed by atoms with Crippen molar-refractivity contribution in [2.24, 2.45) is 7.05 Å². The van der Waals surface area contributed by atoms with E-state index in [9.17, 15) is 18.7 Å². The minimum Gasteiger partial charge on any atom is -0.477 e. The smallest absolute Gasteiger partial charge is 0.354 e. The summed E-state index contributed by atoms with van der Waals surface area (Å²) in [6, 6.07) is 10.7. The number of anilines is 2. The van der Waals surface area contributed by atoms with E-state index < -0.39 is 12.4 Å². The van der Waals surface area contributed by atoms with E-state index in [0.29, 0.717) is 48.8 Å². The van der Waals surface area contributed by atoms with Gasteiger partial charge >= 0.3 is 5.97 Å². The van der Waals surface area contributed by atoms with Crippen molar-refractivity contribution in [3.05, 3.63) is 77.3 Å². The Labute approximate surface area is 211 Å². The summed E-state index contributed by atoms with van der Waals surface area (Å²) in [7, 11) is 1.75. The maximum Gasteiger partial charge on any atom is 0.354 e. The lowest BCUT2D eigenvalue weighted by Crippen LogP contribution is -2.26. The number of nitrogens with zero attached hydrogens (tertiary/aromatic N) is 4. The number of ether oxygens (including phenoxy) is 1. The molecule has 0 radical (unpaired) electrons. The third-order valence-corrected chi connectivity index (χ3v) is 6.98. The van der Waals surface area contributed by atoms with Crippen molar-refractivity contribution >= 4 is 33.8 Å². The minimum absolute atomic E-state index is 0.0909. The van der Waals surface area contributed by atoms with Gasteiger partial charge in [-0.15, -0.1) is 0 Å². The molecule has 6 rings (SSSR count). The minimum atomic E-state index is -2.69. The van der Waals surface area contributed by atoms with E-state index in [1.807, 2.05) is 35.2 Å². The van der Waals surface area contributed by atoms with Gasteiger partial charge in [-0.25, -0.2) is 18.6 Å². The van der Waals surface area contributed by atoms with Crippen LogP contribution in [0.2, 0.25) is 0 Å². The van der Waals surface area contributed by atoms with Gasteiger partial charge in [-0.05, 0) is 64.8 Å². The molecule has 37 heavy (non-hydrogen) atoms. The Bertz CT molecular complexity index is 1580. The molecule has 9 heteroatoms. The van der Waals surface area contributed by atoms with Gasteiger partial charge in [-0.3, -0.25) is 4.68 Å². The highest BCUT2D eigenvalue weighted by atomic mass is 19.3. The summed E-state index contributed by atoms with van der Waals surface area (Å²) >= 11 is 0. The first kappa shape index (κ1) is 23.3. The van der Waals surface area contributed by atoms with Gasteiger partial charge in [0.05, 0.1) is 19.4 Å². The van der Waals surface area contributed by atoms with Crippen molar-refractivity contribution in [2.45, 2.75) is 19.3 Å². The number of carboxylic acids is 1. The zero-order valence-corrected chi connectivity index (χ0v) is 20.1. The number of hydrogen-bond acceptors (Lipinski definition) is 5. The average Bonchev–Trinajstić information content (AvgIpc) is 3.59. The number of alkyl halides is 2. The largest absolute Gasteiger partial charge is 0.477 e. The molecule has 0 aliphatic carbocycles. The van der Waals surface area contributed by atoms with E-state index in [2.05, 4.69) is 10.1 Å². The van der Waals surface area contributed by atoms with Crippen LogP contribution in [0.3, 0.4) is 0 Å². The summed E-state index contributed by atoms with van der Waals surface area (Å²) in [6.45, 7) is 1.58. The molecule has 2 aliphatic heterocycles. The van der Waals surface area contributed by atoms with Gasteiger partial charge in [0.1, 0.15) is 5.82 Å². The van der Waals surface area contributed by atoms with Gasteiger partial charge in [0.15, 0.2) is 5.69 Å². The van der Waals surface area contributed by atoms with Crippen molar-refractivity contribution in [3.8, 4) is 11.1 Å². The number of fused-ring (bicyclic) bond motifs is 2. The third kappa shape index (κ3) is 4.15. The molecule has 188 valence electrons. The predicted molar refractivity (Wildman–Crippen MR) is 136 cm³/mol. The molecule has 0 bridgehead atoms. The number of benzene rings is 2. The zero-order valence-electron chi connectivity index (χ0n) is 20.1. The fourth-order valence-corrected chi connectivity index (χ4v) is 5.19. The van der Waals surface area contributed by atoms with E-state index in [1.54, 1.807) is 30.2 Å². The first-order valence-electron chi connectivity index (χ1n) is 12.1. The van der Waals surface area contributed by atoms with E-state index >= 15 is 0 Å². The highest BCUT2D eigenvalue weighted by Crippen LogP contribution is 2.42. The first-order valence-corrected chi connectivity index (χ1v) is 12.1. The molecular formula is C28H24F2N4O3. The summed E-state index contributed by atoms with van der Waals surface area (Å²) in [5.41, 5.74) is 4.46. The van der Waals surface area contributed by atoms with Crippen LogP contribution in [-0.2, 0) is 18.2 Å². The molecule has 2 aromatic carbocycles. The van der Waals surface area contributed by atoms with Crippen LogP contribution in [0.15, 0.2) is 54.9 Å². The van der Waals surface area contributed by atoms with Gasteiger partial charge < -0.3 is 14.7 Å². The van der Waals surface area contributed by atoms with Gasteiger partial charge in [-0.1, -0.05) is 18.2 Å². The molecular weight excluding hydrogens is 478 g/mol. The molecule has 1 N–H and O–H groups in total. The van der Waals surface area contributed by atoms with Crippen LogP contribution in [0.4, 0.5) is 20.3 Å². The number of aromatic nitrogens is 3. The Morgan fingerprint density at radius 2 is 2.03 bits per heavy atom. The lowest BCUT2D eigenvalue weighted by molar-refractivity contribution is 0.0690. The molecule has 7 nitrogen and oxygen atoms in total. The second-order valence-electron chi connectivity index (χ2n) is 9.34. The van der Waals surface area contributed by atoms with E-state index in [-0.39, 0.29) is 11.3 Å². The van der Waals surface area contributed by atoms with Crippen LogP contribution in [0, 0.1) is 0 Å². The second-order valence-corrected chi connectivity index (χ2v) is 9.34. The summed E-state index contributed by atoms with van der Waals surface area (Å²) in [4.78, 5) is 18.3. The van der Waals surface area contributed by atoms with Crippen molar-refractivity contribution in [2.75, 3.05) is 24.7 Å². The fraction of sp³-hybridized carbons (Fsp3) is 0.250. The van der Waals surface area contributed by atoms with E-state index in [4.69, 9.17) is 4.74 Å². The van der Waals surface area contributed by atoms with Gasteiger partial charge in [0.2, 0.25) is 0 Å². The molecule has 2 aliphatic rings. The van der Waals surface area contributed by atoms with Crippen LogP contribution in [-0.4, -0.2) is 45.6 Å². The van der Waals surface area contributed by atoms with Crippen molar-refractivity contribution in [1.82, 2.24) is 14.8 Å². The van der Waals surface area contributed by atoms with Crippen LogP contribution >= 0.6 is 0 Å². The Balaban J connectivity index is 1.55. The predicted octanol–water partition coefficient (Wildman–Crippen LogP) is 5.77. The molecule has 0 spiro atoms. The summed E-state index contributed by atoms with van der Waals surface area (Å²) in [6.07, 6.45) is 4.12. The molecule has 0 fully saturated rings. The number of carboxylic acid groups (broad SMARTS) is 1. The number of halogens is 2. The Morgan fingerprint density at radius 3 is 2.73 bits per heavy atom. The SMILES string of the molecule is Cn1cc(-c2cc3c(cc2C(F)F)N(c2nc(C(=O)O)cc4ccc(C5=CCOC5)cc24)CCC3)cn1. The van der Waals surface area contributed by atoms with Crippen molar-refractivity contribution in [1.29, 1.82) is 0 Å². The number of aryl methyl sites for hydroxylation is 2. The molecule has 4 heterocycles. The van der Waals surface area contributed by atoms with Crippen molar-refractivity contribution in [3.63, 3.8) is 0 Å². The highest BCUT2D eigenvalue weighted by molar-refractivity contribution is 6.01. The van der Waals surface area contributed by atoms with E-state index in [1.165, 1.54) is 6.07 Å². The molecule has 4 aromatic rings. The van der Waals surface area contributed by atoms with Crippen molar-refractivity contribution < 1.29 is 23.4 Å². The Morgan fingerprint density at radius 1 is 1.16 bits per heavy atom. The van der Waals surface area contributed by atoms with Crippen LogP contribution in [0.5, 0.6) is 0 Å². The Kier molecular flexibility index (Phi) is 5.72. The normalized spacial score (nSPS) is 15.4. The second kappa shape index (κ2) is 9.08.